The molecule has 0 N–H and O–H groups in total. The third-order valence-electron chi connectivity index (χ3n) is 5.59. The average molecular weight is 420 g/mol. The molecule has 2 aliphatic rings. The number of carbonyl (C=O) groups excluding carboxylic acids is 1. The van der Waals surface area contributed by atoms with Crippen molar-refractivity contribution >= 4 is 40.4 Å². The fraction of sp³-hybridized carbons (Fsp3) is 0.261. The first-order valence-electron chi connectivity index (χ1n) is 9.80. The highest BCUT2D eigenvalue weighted by molar-refractivity contribution is 7.11. The summed E-state index contributed by atoms with van der Waals surface area (Å²) in [6.07, 6.45) is 7.63. The number of thiophene rings is 2. The second-order valence-corrected chi connectivity index (χ2v) is 9.63. The first-order valence-corrected chi connectivity index (χ1v) is 11.6. The molecule has 0 radical (unpaired) electrons. The summed E-state index contributed by atoms with van der Waals surface area (Å²) < 4.78 is 0. The van der Waals surface area contributed by atoms with Crippen molar-refractivity contribution in [2.24, 2.45) is 16.9 Å². The van der Waals surface area contributed by atoms with Gasteiger partial charge in [0.05, 0.1) is 11.8 Å². The summed E-state index contributed by atoms with van der Waals surface area (Å²) in [4.78, 5) is 19.9. The van der Waals surface area contributed by atoms with Crippen molar-refractivity contribution in [1.29, 1.82) is 0 Å². The number of hydrogen-bond acceptors (Lipinski definition) is 5. The molecular weight excluding hydrogens is 398 g/mol. The van der Waals surface area contributed by atoms with Gasteiger partial charge >= 0.3 is 0 Å². The van der Waals surface area contributed by atoms with E-state index >= 15 is 0 Å². The number of aromatic nitrogens is 1. The lowest BCUT2D eigenvalue weighted by Crippen LogP contribution is -2.32. The lowest BCUT2D eigenvalue weighted by Gasteiger charge is -2.31. The van der Waals surface area contributed by atoms with E-state index in [-0.39, 0.29) is 17.9 Å². The number of hydrogen-bond donors (Lipinski definition) is 0. The summed E-state index contributed by atoms with van der Waals surface area (Å²) >= 11 is 3.44. The molecule has 0 aromatic carbocycles. The molecule has 3 aromatic heterocycles. The Balaban J connectivity index is 1.59. The van der Waals surface area contributed by atoms with Crippen LogP contribution in [0.1, 0.15) is 45.9 Å². The molecule has 0 saturated heterocycles. The predicted molar refractivity (Wildman–Crippen MR) is 119 cm³/mol. The van der Waals surface area contributed by atoms with Crippen molar-refractivity contribution < 1.29 is 4.79 Å². The van der Waals surface area contributed by atoms with Crippen LogP contribution < -0.4 is 0 Å². The van der Waals surface area contributed by atoms with Crippen LogP contribution in [0, 0.1) is 11.8 Å². The van der Waals surface area contributed by atoms with Crippen LogP contribution in [0.4, 0.5) is 0 Å². The molecule has 1 fully saturated rings. The number of pyridine rings is 1. The van der Waals surface area contributed by atoms with Gasteiger partial charge in [-0.05, 0) is 65.4 Å². The van der Waals surface area contributed by atoms with E-state index in [2.05, 4.69) is 53.0 Å². The van der Waals surface area contributed by atoms with E-state index in [1.54, 1.807) is 52.2 Å². The molecule has 29 heavy (non-hydrogen) atoms. The van der Waals surface area contributed by atoms with Crippen LogP contribution in [0.15, 0.2) is 70.2 Å². The van der Waals surface area contributed by atoms with Gasteiger partial charge in [0.25, 0.3) is 5.91 Å². The Kier molecular flexibility index (Phi) is 4.89. The highest BCUT2D eigenvalue weighted by Crippen LogP contribution is 2.47. The van der Waals surface area contributed by atoms with Crippen LogP contribution in [0.25, 0.3) is 6.08 Å². The number of amides is 1. The first kappa shape index (κ1) is 18.5. The zero-order chi connectivity index (χ0) is 19.8. The minimum absolute atomic E-state index is 0.0415. The summed E-state index contributed by atoms with van der Waals surface area (Å²) in [7, 11) is 0. The molecule has 0 unspecified atom stereocenters. The van der Waals surface area contributed by atoms with Gasteiger partial charge in [-0.15, -0.1) is 22.7 Å². The zero-order valence-electron chi connectivity index (χ0n) is 16.1. The first-order chi connectivity index (χ1) is 14.2. The topological polar surface area (TPSA) is 45.6 Å². The largest absolute Gasteiger partial charge is 0.274 e. The van der Waals surface area contributed by atoms with Crippen molar-refractivity contribution in [3.8, 4) is 0 Å². The average Bonchev–Trinajstić information content (AvgIpc) is 3.48. The van der Waals surface area contributed by atoms with E-state index < -0.39 is 0 Å². The van der Waals surface area contributed by atoms with Gasteiger partial charge in [0, 0.05) is 33.6 Å². The van der Waals surface area contributed by atoms with Gasteiger partial charge in [-0.2, -0.15) is 5.10 Å². The Labute approximate surface area is 178 Å². The quantitative estimate of drug-likeness (QED) is 0.531. The van der Waals surface area contributed by atoms with Crippen molar-refractivity contribution in [3.05, 3.63) is 80.4 Å². The molecule has 0 spiro atoms. The summed E-state index contributed by atoms with van der Waals surface area (Å²) in [6, 6.07) is 11.9. The molecule has 1 saturated carbocycles. The normalized spacial score (nSPS) is 25.1. The van der Waals surface area contributed by atoms with Gasteiger partial charge in [-0.25, -0.2) is 5.01 Å². The van der Waals surface area contributed by atoms with Crippen molar-refractivity contribution in [2.45, 2.75) is 25.8 Å². The smallest absolute Gasteiger partial charge is 0.267 e. The van der Waals surface area contributed by atoms with E-state index in [0.29, 0.717) is 11.5 Å². The maximum Gasteiger partial charge on any atom is 0.274 e. The molecule has 3 atom stereocenters. The Morgan fingerprint density at radius 3 is 2.66 bits per heavy atom. The lowest BCUT2D eigenvalue weighted by molar-refractivity contribution is 0.0680. The number of carbonyl (C=O) groups is 1. The third kappa shape index (κ3) is 3.47. The van der Waals surface area contributed by atoms with E-state index in [1.807, 2.05) is 0 Å². The van der Waals surface area contributed by atoms with Crippen LogP contribution in [-0.2, 0) is 0 Å². The standard InChI is InChI=1S/C23H21N3OS2/c1-15-12-17(14-18-4-2-10-28-18)21-19(13-15)22(20-5-3-11-29-20)26(25-21)23(27)16-6-8-24-9-7-16/h2-11,14-15,19,22H,12-13H2,1H3/b17-14-/t15-,19-,22+/m0/s1. The second-order valence-electron chi connectivity index (χ2n) is 7.67. The highest BCUT2D eigenvalue weighted by Gasteiger charge is 2.45. The Morgan fingerprint density at radius 1 is 1.14 bits per heavy atom. The fourth-order valence-corrected chi connectivity index (χ4v) is 5.92. The molecule has 5 rings (SSSR count). The highest BCUT2D eigenvalue weighted by atomic mass is 32.1. The molecule has 4 nitrogen and oxygen atoms in total. The van der Waals surface area contributed by atoms with Crippen LogP contribution in [-0.4, -0.2) is 21.6 Å². The third-order valence-corrected chi connectivity index (χ3v) is 7.36. The molecule has 6 heteroatoms. The Bertz CT molecular complexity index is 1060. The minimum atomic E-state index is -0.0594. The molecule has 1 aliphatic heterocycles. The maximum absolute atomic E-state index is 13.4. The molecule has 4 heterocycles. The van der Waals surface area contributed by atoms with Gasteiger partial charge in [0.1, 0.15) is 0 Å². The van der Waals surface area contributed by atoms with E-state index in [4.69, 9.17) is 5.10 Å². The predicted octanol–water partition coefficient (Wildman–Crippen LogP) is 5.89. The van der Waals surface area contributed by atoms with Crippen LogP contribution in [0.3, 0.4) is 0 Å². The fourth-order valence-electron chi connectivity index (χ4n) is 4.37. The van der Waals surface area contributed by atoms with Gasteiger partial charge in [-0.1, -0.05) is 19.1 Å². The Morgan fingerprint density at radius 2 is 1.93 bits per heavy atom. The lowest BCUT2D eigenvalue weighted by atomic mass is 9.74. The minimum Gasteiger partial charge on any atom is -0.267 e. The van der Waals surface area contributed by atoms with Crippen LogP contribution >= 0.6 is 22.7 Å². The van der Waals surface area contributed by atoms with Gasteiger partial charge in [0.2, 0.25) is 0 Å². The van der Waals surface area contributed by atoms with E-state index in [1.165, 1.54) is 15.3 Å². The van der Waals surface area contributed by atoms with Crippen LogP contribution in [0.5, 0.6) is 0 Å². The Hall–Kier alpha value is -2.57. The van der Waals surface area contributed by atoms with Gasteiger partial charge in [-0.3, -0.25) is 9.78 Å². The van der Waals surface area contributed by atoms with Gasteiger partial charge in [0.15, 0.2) is 0 Å². The number of allylic oxidation sites excluding steroid dienone is 1. The number of nitrogens with zero attached hydrogens (tertiary/aromatic N) is 3. The van der Waals surface area contributed by atoms with E-state index in [9.17, 15) is 4.79 Å². The van der Waals surface area contributed by atoms with Gasteiger partial charge < -0.3 is 0 Å². The molecular formula is C23H21N3OS2. The SMILES string of the molecule is C[C@H]1C/C(=C/c2cccs2)C2=NN(C(=O)c3ccncc3)[C@@H](c3cccs3)[C@H]2C1. The maximum atomic E-state index is 13.4. The zero-order valence-corrected chi connectivity index (χ0v) is 17.7. The summed E-state index contributed by atoms with van der Waals surface area (Å²) in [5, 5.41) is 10.8. The summed E-state index contributed by atoms with van der Waals surface area (Å²) in [6.45, 7) is 2.30. The second kappa shape index (κ2) is 7.69. The molecule has 1 aliphatic carbocycles. The molecule has 3 aromatic rings. The van der Waals surface area contributed by atoms with Crippen molar-refractivity contribution in [2.75, 3.05) is 0 Å². The van der Waals surface area contributed by atoms with E-state index in [0.717, 1.165) is 18.6 Å². The monoisotopic (exact) mass is 419 g/mol. The summed E-state index contributed by atoms with van der Waals surface area (Å²) in [5.41, 5.74) is 2.97. The number of hydrazone groups is 1. The summed E-state index contributed by atoms with van der Waals surface area (Å²) in [5.74, 6) is 0.730. The molecule has 146 valence electrons. The van der Waals surface area contributed by atoms with Crippen molar-refractivity contribution in [1.82, 2.24) is 9.99 Å². The number of rotatable bonds is 3. The molecule has 1 amide bonds. The van der Waals surface area contributed by atoms with Crippen LogP contribution in [0.2, 0.25) is 0 Å². The molecule has 0 bridgehead atoms. The van der Waals surface area contributed by atoms with Crippen molar-refractivity contribution in [3.63, 3.8) is 0 Å². The number of fused-ring (bicyclic) bond motifs is 1.